The fourth-order valence-corrected chi connectivity index (χ4v) is 1.88. The quantitative estimate of drug-likeness (QED) is 0.654. The number of aromatic nitrogens is 1. The Hall–Kier alpha value is -2.09. The van der Waals surface area contributed by atoms with Crippen LogP contribution in [0.2, 0.25) is 0 Å². The maximum absolute atomic E-state index is 5.72. The first-order chi connectivity index (χ1) is 8.36. The lowest BCUT2D eigenvalue weighted by Gasteiger charge is -1.97. The zero-order chi connectivity index (χ0) is 11.7. The molecule has 3 aromatic rings. The number of hydrogen-bond acceptors (Lipinski definition) is 2. The average Bonchev–Trinajstić information content (AvgIpc) is 2.82. The second-order valence-electron chi connectivity index (χ2n) is 4.04. The highest BCUT2D eigenvalue weighted by molar-refractivity contribution is 5.75. The van der Waals surface area contributed by atoms with Crippen LogP contribution < -0.4 is 0 Å². The van der Waals surface area contributed by atoms with Crippen molar-refractivity contribution in [1.29, 1.82) is 0 Å². The molecule has 0 bridgehead atoms. The minimum Gasteiger partial charge on any atom is -0.436 e. The van der Waals surface area contributed by atoms with E-state index in [0.717, 1.165) is 23.1 Å². The minimum absolute atomic E-state index is 0.689. The van der Waals surface area contributed by atoms with Crippen molar-refractivity contribution in [3.8, 4) is 11.5 Å². The van der Waals surface area contributed by atoms with Crippen molar-refractivity contribution in [2.24, 2.45) is 0 Å². The molecule has 3 rings (SSSR count). The van der Waals surface area contributed by atoms with E-state index in [0.29, 0.717) is 5.89 Å². The predicted molar refractivity (Wildman–Crippen MR) is 68.8 cm³/mol. The lowest BCUT2D eigenvalue weighted by Crippen LogP contribution is -1.81. The molecule has 1 aromatic heterocycles. The van der Waals surface area contributed by atoms with Gasteiger partial charge in [-0.3, -0.25) is 0 Å². The van der Waals surface area contributed by atoms with Gasteiger partial charge in [0.1, 0.15) is 5.52 Å². The first-order valence-corrected chi connectivity index (χ1v) is 5.81. The first kappa shape index (κ1) is 10.1. The Morgan fingerprint density at radius 3 is 2.47 bits per heavy atom. The molecule has 2 heteroatoms. The minimum atomic E-state index is 0.689. The average molecular weight is 223 g/mol. The summed E-state index contributed by atoms with van der Waals surface area (Å²) >= 11 is 0. The molecule has 0 spiro atoms. The SMILES string of the molecule is CCc1ccc(-c2nc3ccccc3o2)cc1. The molecule has 17 heavy (non-hydrogen) atoms. The van der Waals surface area contributed by atoms with Crippen LogP contribution in [0.15, 0.2) is 52.9 Å². The van der Waals surface area contributed by atoms with Gasteiger partial charge in [0.05, 0.1) is 0 Å². The van der Waals surface area contributed by atoms with E-state index in [9.17, 15) is 0 Å². The molecule has 0 unspecified atom stereocenters. The van der Waals surface area contributed by atoms with Crippen LogP contribution in [0.3, 0.4) is 0 Å². The molecule has 0 aliphatic rings. The fraction of sp³-hybridized carbons (Fsp3) is 0.133. The Morgan fingerprint density at radius 1 is 1.00 bits per heavy atom. The molecule has 2 aromatic carbocycles. The van der Waals surface area contributed by atoms with Crippen LogP contribution >= 0.6 is 0 Å². The summed E-state index contributed by atoms with van der Waals surface area (Å²) in [4.78, 5) is 4.47. The standard InChI is InChI=1S/C15H13NO/c1-2-11-7-9-12(10-8-11)15-16-13-5-3-4-6-14(13)17-15/h3-10H,2H2,1H3. The summed E-state index contributed by atoms with van der Waals surface area (Å²) in [6, 6.07) is 16.2. The van der Waals surface area contributed by atoms with Crippen LogP contribution in [0.4, 0.5) is 0 Å². The smallest absolute Gasteiger partial charge is 0.227 e. The largest absolute Gasteiger partial charge is 0.436 e. The van der Waals surface area contributed by atoms with Gasteiger partial charge in [-0.05, 0) is 36.2 Å². The molecule has 0 radical (unpaired) electrons. The molecule has 2 nitrogen and oxygen atoms in total. The molecular weight excluding hydrogens is 210 g/mol. The molecule has 0 fully saturated rings. The molecule has 0 atom stereocenters. The van der Waals surface area contributed by atoms with E-state index in [1.165, 1.54) is 5.56 Å². The molecule has 1 heterocycles. The van der Waals surface area contributed by atoms with E-state index in [1.54, 1.807) is 0 Å². The van der Waals surface area contributed by atoms with E-state index in [4.69, 9.17) is 4.42 Å². The lowest BCUT2D eigenvalue weighted by molar-refractivity contribution is 0.620. The zero-order valence-corrected chi connectivity index (χ0v) is 9.68. The van der Waals surface area contributed by atoms with Gasteiger partial charge in [0.25, 0.3) is 0 Å². The highest BCUT2D eigenvalue weighted by Crippen LogP contribution is 2.24. The molecular formula is C15H13NO. The third-order valence-corrected chi connectivity index (χ3v) is 2.90. The number of aryl methyl sites for hydroxylation is 1. The summed E-state index contributed by atoms with van der Waals surface area (Å²) in [5, 5.41) is 0. The summed E-state index contributed by atoms with van der Waals surface area (Å²) in [5.41, 5.74) is 4.09. The number of nitrogens with zero attached hydrogens (tertiary/aromatic N) is 1. The lowest BCUT2D eigenvalue weighted by atomic mass is 10.1. The Bertz CT molecular complexity index is 604. The van der Waals surface area contributed by atoms with Gasteiger partial charge in [0, 0.05) is 5.56 Å². The maximum atomic E-state index is 5.72. The van der Waals surface area contributed by atoms with Gasteiger partial charge in [-0.2, -0.15) is 0 Å². The van der Waals surface area contributed by atoms with Gasteiger partial charge in [0.15, 0.2) is 5.58 Å². The number of benzene rings is 2. The van der Waals surface area contributed by atoms with E-state index >= 15 is 0 Å². The van der Waals surface area contributed by atoms with Crippen molar-refractivity contribution in [3.05, 3.63) is 54.1 Å². The Labute approximate surface area is 99.9 Å². The summed E-state index contributed by atoms with van der Waals surface area (Å²) in [6.07, 6.45) is 1.05. The van der Waals surface area contributed by atoms with Crippen LogP contribution in [0.25, 0.3) is 22.6 Å². The fourth-order valence-electron chi connectivity index (χ4n) is 1.88. The first-order valence-electron chi connectivity index (χ1n) is 5.81. The Balaban J connectivity index is 2.07. The van der Waals surface area contributed by atoms with Crippen LogP contribution in [0, 0.1) is 0 Å². The van der Waals surface area contributed by atoms with E-state index in [-0.39, 0.29) is 0 Å². The van der Waals surface area contributed by atoms with E-state index in [1.807, 2.05) is 24.3 Å². The van der Waals surface area contributed by atoms with Crippen molar-refractivity contribution < 1.29 is 4.42 Å². The molecule has 0 saturated heterocycles. The van der Waals surface area contributed by atoms with E-state index in [2.05, 4.69) is 36.2 Å². The number of fused-ring (bicyclic) bond motifs is 1. The predicted octanol–water partition coefficient (Wildman–Crippen LogP) is 4.06. The highest BCUT2D eigenvalue weighted by atomic mass is 16.3. The summed E-state index contributed by atoms with van der Waals surface area (Å²) in [5.74, 6) is 0.689. The van der Waals surface area contributed by atoms with Crippen molar-refractivity contribution in [1.82, 2.24) is 4.98 Å². The molecule has 0 aliphatic carbocycles. The molecule has 84 valence electrons. The van der Waals surface area contributed by atoms with Gasteiger partial charge in [-0.1, -0.05) is 31.2 Å². The van der Waals surface area contributed by atoms with Crippen molar-refractivity contribution >= 4 is 11.1 Å². The Kier molecular flexibility index (Phi) is 2.41. The van der Waals surface area contributed by atoms with Crippen LogP contribution in [-0.2, 0) is 6.42 Å². The van der Waals surface area contributed by atoms with Crippen molar-refractivity contribution in [2.75, 3.05) is 0 Å². The number of oxazole rings is 1. The van der Waals surface area contributed by atoms with Gasteiger partial charge in [-0.25, -0.2) is 4.98 Å². The van der Waals surface area contributed by atoms with Crippen LogP contribution in [0.5, 0.6) is 0 Å². The van der Waals surface area contributed by atoms with Crippen LogP contribution in [-0.4, -0.2) is 4.98 Å². The highest BCUT2D eigenvalue weighted by Gasteiger charge is 2.06. The monoisotopic (exact) mass is 223 g/mol. The third-order valence-electron chi connectivity index (χ3n) is 2.90. The van der Waals surface area contributed by atoms with Gasteiger partial charge in [0.2, 0.25) is 5.89 Å². The molecule has 0 N–H and O–H groups in total. The van der Waals surface area contributed by atoms with Crippen molar-refractivity contribution in [3.63, 3.8) is 0 Å². The summed E-state index contributed by atoms with van der Waals surface area (Å²) in [7, 11) is 0. The Morgan fingerprint density at radius 2 is 1.76 bits per heavy atom. The van der Waals surface area contributed by atoms with E-state index < -0.39 is 0 Å². The normalized spacial score (nSPS) is 10.9. The van der Waals surface area contributed by atoms with Gasteiger partial charge >= 0.3 is 0 Å². The molecule has 0 saturated carbocycles. The van der Waals surface area contributed by atoms with Crippen molar-refractivity contribution in [2.45, 2.75) is 13.3 Å². The topological polar surface area (TPSA) is 26.0 Å². The van der Waals surface area contributed by atoms with Gasteiger partial charge < -0.3 is 4.42 Å². The molecule has 0 aliphatic heterocycles. The second-order valence-corrected chi connectivity index (χ2v) is 4.04. The van der Waals surface area contributed by atoms with Gasteiger partial charge in [-0.15, -0.1) is 0 Å². The summed E-state index contributed by atoms with van der Waals surface area (Å²) < 4.78 is 5.72. The number of hydrogen-bond donors (Lipinski definition) is 0. The number of rotatable bonds is 2. The number of para-hydroxylation sites is 2. The third kappa shape index (κ3) is 1.82. The molecule has 0 amide bonds. The summed E-state index contributed by atoms with van der Waals surface area (Å²) in [6.45, 7) is 2.15. The van der Waals surface area contributed by atoms with Crippen LogP contribution in [0.1, 0.15) is 12.5 Å². The maximum Gasteiger partial charge on any atom is 0.227 e. The zero-order valence-electron chi connectivity index (χ0n) is 9.68. The second kappa shape index (κ2) is 4.06.